The molecular weight excluding hydrogens is 358 g/mol. The smallest absolute Gasteiger partial charge is 0.408 e. The van der Waals surface area contributed by atoms with Gasteiger partial charge in [-0.2, -0.15) is 0 Å². The minimum absolute atomic E-state index is 0.0416. The van der Waals surface area contributed by atoms with Gasteiger partial charge in [-0.05, 0) is 36.1 Å². The molecule has 0 saturated carbocycles. The molecule has 0 bridgehead atoms. The minimum Gasteiger partial charge on any atom is -0.445 e. The van der Waals surface area contributed by atoms with Crippen molar-refractivity contribution in [3.05, 3.63) is 66.0 Å². The molecule has 1 saturated heterocycles. The van der Waals surface area contributed by atoms with Crippen molar-refractivity contribution in [1.29, 1.82) is 0 Å². The summed E-state index contributed by atoms with van der Waals surface area (Å²) in [6.07, 6.45) is 4.99. The molecule has 1 aromatic heterocycles. The van der Waals surface area contributed by atoms with E-state index in [2.05, 4.69) is 15.6 Å². The van der Waals surface area contributed by atoms with Gasteiger partial charge < -0.3 is 20.1 Å². The Morgan fingerprint density at radius 1 is 1.14 bits per heavy atom. The Morgan fingerprint density at radius 3 is 2.64 bits per heavy atom. The topological polar surface area (TPSA) is 89.6 Å². The van der Waals surface area contributed by atoms with Crippen LogP contribution in [0, 0.1) is 0 Å². The van der Waals surface area contributed by atoms with Gasteiger partial charge in [-0.1, -0.05) is 30.3 Å². The highest BCUT2D eigenvalue weighted by Crippen LogP contribution is 2.11. The Labute approximate surface area is 164 Å². The summed E-state index contributed by atoms with van der Waals surface area (Å²) >= 11 is 0. The zero-order valence-corrected chi connectivity index (χ0v) is 15.7. The van der Waals surface area contributed by atoms with E-state index < -0.39 is 12.1 Å². The number of ether oxygens (including phenoxy) is 2. The van der Waals surface area contributed by atoms with E-state index >= 15 is 0 Å². The maximum Gasteiger partial charge on any atom is 0.408 e. The molecule has 2 heterocycles. The maximum absolute atomic E-state index is 12.7. The number of aromatic nitrogens is 1. The van der Waals surface area contributed by atoms with Crippen molar-refractivity contribution in [1.82, 2.24) is 15.6 Å². The van der Waals surface area contributed by atoms with Gasteiger partial charge in [-0.3, -0.25) is 9.78 Å². The number of nitrogens with one attached hydrogen (secondary N) is 2. The SMILES string of the molecule is O=C(N[C@@H](Cc1ccccc1)C(=O)NC[C@H]1CCCO1)OCc1ccncc1. The van der Waals surface area contributed by atoms with Crippen LogP contribution in [0.1, 0.15) is 24.0 Å². The van der Waals surface area contributed by atoms with Gasteiger partial charge >= 0.3 is 6.09 Å². The van der Waals surface area contributed by atoms with Crippen molar-refractivity contribution < 1.29 is 19.1 Å². The van der Waals surface area contributed by atoms with Crippen molar-refractivity contribution in [2.24, 2.45) is 0 Å². The number of hydrogen-bond acceptors (Lipinski definition) is 5. The van der Waals surface area contributed by atoms with Gasteiger partial charge in [0.2, 0.25) is 5.91 Å². The quantitative estimate of drug-likeness (QED) is 0.730. The largest absolute Gasteiger partial charge is 0.445 e. The van der Waals surface area contributed by atoms with E-state index in [9.17, 15) is 9.59 Å². The molecule has 0 spiro atoms. The fourth-order valence-corrected chi connectivity index (χ4v) is 3.01. The lowest BCUT2D eigenvalue weighted by molar-refractivity contribution is -0.123. The third-order valence-corrected chi connectivity index (χ3v) is 4.54. The molecule has 1 aromatic carbocycles. The summed E-state index contributed by atoms with van der Waals surface area (Å²) in [5, 5.41) is 5.56. The van der Waals surface area contributed by atoms with E-state index in [0.717, 1.165) is 30.6 Å². The number of carbonyl (C=O) groups excluding carboxylic acids is 2. The standard InChI is InChI=1S/C21H25N3O4/c25-20(23-14-18-7-4-12-27-18)19(13-16-5-2-1-3-6-16)24-21(26)28-15-17-8-10-22-11-9-17/h1-3,5-6,8-11,18-19H,4,7,12-15H2,(H,23,25)(H,24,26)/t18-,19+/m1/s1. The molecule has 1 aliphatic heterocycles. The summed E-state index contributed by atoms with van der Waals surface area (Å²) in [5.74, 6) is -0.250. The van der Waals surface area contributed by atoms with Crippen molar-refractivity contribution >= 4 is 12.0 Å². The van der Waals surface area contributed by atoms with Crippen LogP contribution in [0.2, 0.25) is 0 Å². The number of pyridine rings is 1. The lowest BCUT2D eigenvalue weighted by Crippen LogP contribution is -2.49. The zero-order valence-electron chi connectivity index (χ0n) is 15.7. The number of rotatable bonds is 8. The Bertz CT molecular complexity index is 749. The fraction of sp³-hybridized carbons (Fsp3) is 0.381. The lowest BCUT2D eigenvalue weighted by atomic mass is 10.1. The monoisotopic (exact) mass is 383 g/mol. The Morgan fingerprint density at radius 2 is 1.93 bits per heavy atom. The summed E-state index contributed by atoms with van der Waals surface area (Å²) in [6, 6.07) is 12.4. The van der Waals surface area contributed by atoms with Gasteiger partial charge in [0, 0.05) is 32.0 Å². The first kappa shape index (κ1) is 19.8. The first-order valence-corrected chi connectivity index (χ1v) is 9.46. The molecule has 7 nitrogen and oxygen atoms in total. The Hall–Kier alpha value is -2.93. The van der Waals surface area contributed by atoms with E-state index in [4.69, 9.17) is 9.47 Å². The molecule has 148 valence electrons. The molecule has 1 fully saturated rings. The van der Waals surface area contributed by atoms with Crippen LogP contribution in [-0.4, -0.2) is 42.3 Å². The third-order valence-electron chi connectivity index (χ3n) is 4.54. The fourth-order valence-electron chi connectivity index (χ4n) is 3.01. The number of alkyl carbamates (subject to hydrolysis) is 1. The van der Waals surface area contributed by atoms with Crippen LogP contribution in [-0.2, 0) is 27.3 Å². The van der Waals surface area contributed by atoms with Crippen molar-refractivity contribution in [3.8, 4) is 0 Å². The molecule has 0 unspecified atom stereocenters. The maximum atomic E-state index is 12.7. The normalized spacial score (nSPS) is 16.9. The summed E-state index contributed by atoms with van der Waals surface area (Å²) in [7, 11) is 0. The number of benzene rings is 1. The molecule has 2 aromatic rings. The van der Waals surface area contributed by atoms with Gasteiger partial charge in [-0.25, -0.2) is 4.79 Å². The first-order valence-electron chi connectivity index (χ1n) is 9.46. The second-order valence-electron chi connectivity index (χ2n) is 6.70. The van der Waals surface area contributed by atoms with E-state index in [1.807, 2.05) is 30.3 Å². The molecule has 2 N–H and O–H groups in total. The first-order chi connectivity index (χ1) is 13.7. The number of carbonyl (C=O) groups is 2. The predicted octanol–water partition coefficient (Wildman–Crippen LogP) is 2.21. The molecule has 2 atom stereocenters. The highest BCUT2D eigenvalue weighted by molar-refractivity contribution is 5.85. The van der Waals surface area contributed by atoms with Crippen LogP contribution in [0.25, 0.3) is 0 Å². The van der Waals surface area contributed by atoms with Crippen molar-refractivity contribution in [3.63, 3.8) is 0 Å². The van der Waals surface area contributed by atoms with Crippen LogP contribution in [0.3, 0.4) is 0 Å². The van der Waals surface area contributed by atoms with Crippen LogP contribution in [0.4, 0.5) is 4.79 Å². The van der Waals surface area contributed by atoms with Gasteiger partial charge in [-0.15, -0.1) is 0 Å². The number of nitrogens with zero attached hydrogens (tertiary/aromatic N) is 1. The Kier molecular flexibility index (Phi) is 7.37. The second-order valence-corrected chi connectivity index (χ2v) is 6.70. The van der Waals surface area contributed by atoms with Gasteiger partial charge in [0.1, 0.15) is 12.6 Å². The minimum atomic E-state index is -0.728. The average molecular weight is 383 g/mol. The van der Waals surface area contributed by atoms with Crippen molar-refractivity contribution in [2.45, 2.75) is 38.0 Å². The molecule has 1 aliphatic rings. The summed E-state index contributed by atoms with van der Waals surface area (Å²) in [5.41, 5.74) is 1.78. The van der Waals surface area contributed by atoms with E-state index in [1.54, 1.807) is 24.5 Å². The average Bonchev–Trinajstić information content (AvgIpc) is 3.25. The van der Waals surface area contributed by atoms with E-state index in [1.165, 1.54) is 0 Å². The van der Waals surface area contributed by atoms with Gasteiger partial charge in [0.15, 0.2) is 0 Å². The Balaban J connectivity index is 1.56. The molecular formula is C21H25N3O4. The van der Waals surface area contributed by atoms with Gasteiger partial charge in [0.05, 0.1) is 6.10 Å². The third kappa shape index (κ3) is 6.35. The van der Waals surface area contributed by atoms with Crippen LogP contribution < -0.4 is 10.6 Å². The predicted molar refractivity (Wildman–Crippen MR) is 103 cm³/mol. The van der Waals surface area contributed by atoms with Crippen LogP contribution in [0.5, 0.6) is 0 Å². The molecule has 0 radical (unpaired) electrons. The highest BCUT2D eigenvalue weighted by atomic mass is 16.5. The molecule has 3 rings (SSSR count). The summed E-state index contributed by atoms with van der Waals surface area (Å²) in [6.45, 7) is 1.29. The molecule has 28 heavy (non-hydrogen) atoms. The zero-order chi connectivity index (χ0) is 19.6. The van der Waals surface area contributed by atoms with Gasteiger partial charge in [0.25, 0.3) is 0 Å². The van der Waals surface area contributed by atoms with Crippen LogP contribution in [0.15, 0.2) is 54.9 Å². The summed E-state index contributed by atoms with van der Waals surface area (Å²) < 4.78 is 10.8. The molecule has 0 aliphatic carbocycles. The highest BCUT2D eigenvalue weighted by Gasteiger charge is 2.24. The number of amides is 2. The number of hydrogen-bond donors (Lipinski definition) is 2. The van der Waals surface area contributed by atoms with E-state index in [0.29, 0.717) is 13.0 Å². The van der Waals surface area contributed by atoms with Crippen molar-refractivity contribution in [2.75, 3.05) is 13.2 Å². The molecule has 2 amide bonds. The van der Waals surface area contributed by atoms with E-state index in [-0.39, 0.29) is 18.6 Å². The molecule has 7 heteroatoms. The lowest BCUT2D eigenvalue weighted by Gasteiger charge is -2.20. The van der Waals surface area contributed by atoms with Crippen LogP contribution >= 0.6 is 0 Å². The second kappa shape index (κ2) is 10.4. The summed E-state index contributed by atoms with van der Waals surface area (Å²) in [4.78, 5) is 28.8.